The van der Waals surface area contributed by atoms with E-state index in [1.165, 1.54) is 19.3 Å². The van der Waals surface area contributed by atoms with Crippen LogP contribution >= 0.6 is 12.2 Å². The molecule has 1 fully saturated rings. The second kappa shape index (κ2) is 5.48. The first kappa shape index (κ1) is 13.5. The fourth-order valence-electron chi connectivity index (χ4n) is 3.48. The molecule has 3 rings (SSSR count). The summed E-state index contributed by atoms with van der Waals surface area (Å²) in [5, 5.41) is 7.40. The van der Waals surface area contributed by atoms with Gasteiger partial charge in [0.05, 0.1) is 0 Å². The number of hydrogen-bond acceptors (Lipinski definition) is 3. The molecule has 1 saturated carbocycles. The van der Waals surface area contributed by atoms with Crippen molar-refractivity contribution in [3.05, 3.63) is 29.3 Å². The van der Waals surface area contributed by atoms with Crippen molar-refractivity contribution in [1.29, 1.82) is 0 Å². The number of hydrogen-bond donors (Lipinski definition) is 1. The number of pyridine rings is 1. The van der Waals surface area contributed by atoms with Gasteiger partial charge >= 0.3 is 0 Å². The van der Waals surface area contributed by atoms with Crippen LogP contribution in [-0.4, -0.2) is 19.7 Å². The van der Waals surface area contributed by atoms with E-state index in [1.807, 2.05) is 12.1 Å². The number of aromatic nitrogens is 4. The zero-order valence-corrected chi connectivity index (χ0v) is 12.7. The van der Waals surface area contributed by atoms with E-state index >= 15 is 0 Å². The quantitative estimate of drug-likeness (QED) is 0.868. The summed E-state index contributed by atoms with van der Waals surface area (Å²) in [6, 6.07) is 4.42. The van der Waals surface area contributed by atoms with Crippen molar-refractivity contribution in [3.8, 4) is 11.4 Å². The average Bonchev–Trinajstić information content (AvgIpc) is 3.02. The molecule has 0 aromatic carbocycles. The van der Waals surface area contributed by atoms with Crippen LogP contribution in [0.3, 0.4) is 0 Å². The predicted octanol–water partition coefficient (Wildman–Crippen LogP) is 4.00. The van der Waals surface area contributed by atoms with Gasteiger partial charge in [0, 0.05) is 24.0 Å². The highest BCUT2D eigenvalue weighted by atomic mass is 32.1. The predicted molar refractivity (Wildman–Crippen MR) is 81.9 cm³/mol. The fraction of sp³-hybridized carbons (Fsp3) is 0.533. The molecule has 5 heteroatoms. The summed E-state index contributed by atoms with van der Waals surface area (Å²) in [4.78, 5) is 4.07. The second-order valence-electron chi connectivity index (χ2n) is 5.63. The van der Waals surface area contributed by atoms with Crippen LogP contribution < -0.4 is 0 Å². The molecule has 1 aliphatic rings. The summed E-state index contributed by atoms with van der Waals surface area (Å²) in [7, 11) is 0. The molecular formula is C15H20N4S. The lowest BCUT2D eigenvalue weighted by atomic mass is 9.93. The maximum atomic E-state index is 5.47. The Morgan fingerprint density at radius 2 is 2.10 bits per heavy atom. The molecule has 0 bridgehead atoms. The monoisotopic (exact) mass is 288 g/mol. The Labute approximate surface area is 124 Å². The fourth-order valence-corrected chi connectivity index (χ4v) is 3.75. The van der Waals surface area contributed by atoms with Gasteiger partial charge in [0.2, 0.25) is 0 Å². The van der Waals surface area contributed by atoms with Crippen LogP contribution in [0.25, 0.3) is 11.4 Å². The van der Waals surface area contributed by atoms with Gasteiger partial charge in [-0.1, -0.05) is 20.3 Å². The molecule has 2 aromatic heterocycles. The van der Waals surface area contributed by atoms with E-state index in [-0.39, 0.29) is 0 Å². The summed E-state index contributed by atoms with van der Waals surface area (Å²) < 4.78 is 2.94. The maximum absolute atomic E-state index is 5.47. The van der Waals surface area contributed by atoms with E-state index < -0.39 is 0 Å². The summed E-state index contributed by atoms with van der Waals surface area (Å²) in [6.07, 6.45) is 7.30. The van der Waals surface area contributed by atoms with Gasteiger partial charge in [-0.2, -0.15) is 5.10 Å². The molecule has 2 aromatic rings. The minimum absolute atomic E-state index is 0.453. The zero-order chi connectivity index (χ0) is 14.1. The molecular weight excluding hydrogens is 268 g/mol. The third-order valence-corrected chi connectivity index (χ3v) is 4.97. The van der Waals surface area contributed by atoms with E-state index in [4.69, 9.17) is 12.2 Å². The van der Waals surface area contributed by atoms with Crippen LogP contribution in [0.1, 0.15) is 39.2 Å². The highest BCUT2D eigenvalue weighted by Crippen LogP contribution is 2.43. The van der Waals surface area contributed by atoms with E-state index in [1.54, 1.807) is 12.4 Å². The number of rotatable bonds is 3. The smallest absolute Gasteiger partial charge is 0.195 e. The molecule has 0 spiro atoms. The van der Waals surface area contributed by atoms with Crippen molar-refractivity contribution in [3.63, 3.8) is 0 Å². The largest absolute Gasteiger partial charge is 0.297 e. The molecule has 1 N–H and O–H groups in total. The van der Waals surface area contributed by atoms with Crippen LogP contribution in [-0.2, 0) is 0 Å². The van der Waals surface area contributed by atoms with Crippen LogP contribution in [0, 0.1) is 16.6 Å². The third-order valence-electron chi connectivity index (χ3n) is 4.68. The Bertz CT molecular complexity index is 631. The van der Waals surface area contributed by atoms with E-state index in [2.05, 4.69) is 33.6 Å². The summed E-state index contributed by atoms with van der Waals surface area (Å²) in [6.45, 7) is 4.62. The highest BCUT2D eigenvalue weighted by Gasteiger charge is 2.34. The van der Waals surface area contributed by atoms with Crippen LogP contribution in [0.5, 0.6) is 0 Å². The summed E-state index contributed by atoms with van der Waals surface area (Å²) >= 11 is 5.47. The number of aromatic amines is 1. The molecule has 4 nitrogen and oxygen atoms in total. The van der Waals surface area contributed by atoms with E-state index in [0.29, 0.717) is 12.0 Å². The summed E-state index contributed by atoms with van der Waals surface area (Å²) in [5.41, 5.74) is 1.07. The first-order chi connectivity index (χ1) is 9.72. The van der Waals surface area contributed by atoms with Crippen molar-refractivity contribution in [2.75, 3.05) is 0 Å². The lowest BCUT2D eigenvalue weighted by molar-refractivity contribution is 0.329. The molecule has 106 valence electrons. The molecule has 2 heterocycles. The van der Waals surface area contributed by atoms with Crippen LogP contribution in [0.4, 0.5) is 0 Å². The van der Waals surface area contributed by atoms with Gasteiger partial charge in [0.15, 0.2) is 10.6 Å². The molecule has 3 unspecified atom stereocenters. The third kappa shape index (κ3) is 2.20. The lowest BCUT2D eigenvalue weighted by Gasteiger charge is -2.22. The molecule has 0 saturated heterocycles. The maximum Gasteiger partial charge on any atom is 0.195 e. The van der Waals surface area contributed by atoms with Crippen LogP contribution in [0.15, 0.2) is 24.5 Å². The zero-order valence-electron chi connectivity index (χ0n) is 11.9. The van der Waals surface area contributed by atoms with Crippen molar-refractivity contribution >= 4 is 12.2 Å². The molecule has 20 heavy (non-hydrogen) atoms. The van der Waals surface area contributed by atoms with Crippen molar-refractivity contribution in [2.45, 2.75) is 39.2 Å². The number of nitrogens with one attached hydrogen (secondary N) is 1. The van der Waals surface area contributed by atoms with Crippen molar-refractivity contribution in [1.82, 2.24) is 19.7 Å². The van der Waals surface area contributed by atoms with Gasteiger partial charge in [0.25, 0.3) is 0 Å². The first-order valence-electron chi connectivity index (χ1n) is 7.29. The lowest BCUT2D eigenvalue weighted by Crippen LogP contribution is -2.16. The van der Waals surface area contributed by atoms with Gasteiger partial charge < -0.3 is 0 Å². The Morgan fingerprint density at radius 1 is 1.35 bits per heavy atom. The van der Waals surface area contributed by atoms with Gasteiger partial charge in [-0.25, -0.2) is 0 Å². The topological polar surface area (TPSA) is 46.5 Å². The number of nitrogens with zero attached hydrogens (tertiary/aromatic N) is 3. The Balaban J connectivity index is 2.03. The Hall–Kier alpha value is -1.49. The molecule has 1 aliphatic carbocycles. The van der Waals surface area contributed by atoms with E-state index in [0.717, 1.165) is 22.1 Å². The Kier molecular flexibility index (Phi) is 3.70. The summed E-state index contributed by atoms with van der Waals surface area (Å²) in [5.74, 6) is 2.37. The van der Waals surface area contributed by atoms with Gasteiger partial charge in [0.1, 0.15) is 0 Å². The normalized spacial score (nSPS) is 26.0. The highest BCUT2D eigenvalue weighted by molar-refractivity contribution is 7.71. The van der Waals surface area contributed by atoms with Crippen molar-refractivity contribution < 1.29 is 0 Å². The molecule has 3 atom stereocenters. The van der Waals surface area contributed by atoms with Crippen molar-refractivity contribution in [2.24, 2.45) is 11.8 Å². The molecule has 0 radical (unpaired) electrons. The van der Waals surface area contributed by atoms with Gasteiger partial charge in [-0.05, 0) is 49.0 Å². The first-order valence-corrected chi connectivity index (χ1v) is 7.70. The van der Waals surface area contributed by atoms with Crippen LogP contribution in [0.2, 0.25) is 0 Å². The van der Waals surface area contributed by atoms with Gasteiger partial charge in [-0.15, -0.1) is 0 Å². The SMILES string of the molecule is CCC1CCC(n2c(-c3ccncc3)n[nH]c2=S)C1C. The van der Waals surface area contributed by atoms with Gasteiger partial charge in [-0.3, -0.25) is 14.6 Å². The minimum atomic E-state index is 0.453. The average molecular weight is 288 g/mol. The second-order valence-corrected chi connectivity index (χ2v) is 6.02. The molecule has 0 aliphatic heterocycles. The minimum Gasteiger partial charge on any atom is -0.297 e. The number of H-pyrrole nitrogens is 1. The Morgan fingerprint density at radius 3 is 2.75 bits per heavy atom. The van der Waals surface area contributed by atoms with E-state index in [9.17, 15) is 0 Å². The standard InChI is InChI=1S/C15H20N4S/c1-3-11-4-5-13(10(11)2)19-14(17-18-15(19)20)12-6-8-16-9-7-12/h6-11,13H,3-5H2,1-2H3,(H,18,20). The molecule has 0 amide bonds.